The third kappa shape index (κ3) is 2.98. The second-order valence-electron chi connectivity index (χ2n) is 4.57. The summed E-state index contributed by atoms with van der Waals surface area (Å²) < 4.78 is 27.2. The van der Waals surface area contributed by atoms with Crippen molar-refractivity contribution >= 4 is 27.4 Å². The molecule has 0 fully saturated rings. The molecule has 0 spiro atoms. The van der Waals surface area contributed by atoms with Gasteiger partial charge in [-0.1, -0.05) is 41.9 Å². The van der Waals surface area contributed by atoms with Gasteiger partial charge in [0, 0.05) is 16.8 Å². The lowest BCUT2D eigenvalue weighted by Gasteiger charge is -2.07. The van der Waals surface area contributed by atoms with Crippen molar-refractivity contribution in [1.29, 1.82) is 0 Å². The first kappa shape index (κ1) is 14.6. The van der Waals surface area contributed by atoms with Gasteiger partial charge in [-0.05, 0) is 29.8 Å². The molecule has 1 heterocycles. The Balaban J connectivity index is 1.95. The number of sulfonamides is 1. The Kier molecular flexibility index (Phi) is 3.87. The molecule has 5 nitrogen and oxygen atoms in total. The minimum absolute atomic E-state index is 0.181. The predicted octanol–water partition coefficient (Wildman–Crippen LogP) is 3.53. The third-order valence-corrected chi connectivity index (χ3v) is 4.69. The number of halogens is 1. The van der Waals surface area contributed by atoms with Crippen LogP contribution in [0.1, 0.15) is 0 Å². The number of benzene rings is 2. The van der Waals surface area contributed by atoms with E-state index in [2.05, 4.69) is 14.9 Å². The Morgan fingerprint density at radius 2 is 1.68 bits per heavy atom. The minimum Gasteiger partial charge on any atom is -0.283 e. The van der Waals surface area contributed by atoms with Crippen molar-refractivity contribution in [3.63, 3.8) is 0 Å². The fourth-order valence-electron chi connectivity index (χ4n) is 2.00. The molecule has 0 bridgehead atoms. The molecule has 0 aliphatic heterocycles. The van der Waals surface area contributed by atoms with Gasteiger partial charge in [0.2, 0.25) is 0 Å². The number of hydrogen-bond acceptors (Lipinski definition) is 3. The van der Waals surface area contributed by atoms with Crippen LogP contribution >= 0.6 is 11.6 Å². The van der Waals surface area contributed by atoms with E-state index in [1.807, 2.05) is 0 Å². The van der Waals surface area contributed by atoms with Crippen molar-refractivity contribution < 1.29 is 8.42 Å². The molecule has 0 radical (unpaired) electrons. The lowest BCUT2D eigenvalue weighted by Crippen LogP contribution is -2.13. The van der Waals surface area contributed by atoms with Crippen molar-refractivity contribution in [2.45, 2.75) is 4.90 Å². The van der Waals surface area contributed by atoms with E-state index in [-0.39, 0.29) is 10.7 Å². The number of rotatable bonds is 4. The summed E-state index contributed by atoms with van der Waals surface area (Å²) >= 11 is 5.86. The molecule has 2 N–H and O–H groups in total. The number of H-pyrrole nitrogens is 1. The van der Waals surface area contributed by atoms with E-state index in [4.69, 9.17) is 11.6 Å². The molecular formula is C15H12ClN3O2S. The second kappa shape index (κ2) is 5.82. The van der Waals surface area contributed by atoms with Crippen molar-refractivity contribution in [3.05, 3.63) is 65.8 Å². The first-order valence-electron chi connectivity index (χ1n) is 6.44. The van der Waals surface area contributed by atoms with E-state index < -0.39 is 10.0 Å². The number of aromatic nitrogens is 2. The molecule has 0 saturated heterocycles. The van der Waals surface area contributed by atoms with Crippen LogP contribution in [0.25, 0.3) is 11.1 Å². The van der Waals surface area contributed by atoms with Crippen LogP contribution in [-0.2, 0) is 10.0 Å². The van der Waals surface area contributed by atoms with E-state index in [9.17, 15) is 8.42 Å². The summed E-state index contributed by atoms with van der Waals surface area (Å²) in [6.07, 6.45) is 1.63. The van der Waals surface area contributed by atoms with Crippen molar-refractivity contribution in [3.8, 4) is 11.1 Å². The first-order valence-corrected chi connectivity index (χ1v) is 8.30. The van der Waals surface area contributed by atoms with E-state index in [1.165, 1.54) is 12.1 Å². The Labute approximate surface area is 133 Å². The van der Waals surface area contributed by atoms with Gasteiger partial charge in [0.1, 0.15) is 0 Å². The SMILES string of the molecule is O=S(=O)(Nc1n[nH]cc1-c1ccc(Cl)cc1)c1ccccc1. The van der Waals surface area contributed by atoms with Crippen LogP contribution in [0, 0.1) is 0 Å². The molecule has 7 heteroatoms. The fourth-order valence-corrected chi connectivity index (χ4v) is 3.17. The highest BCUT2D eigenvalue weighted by atomic mass is 35.5. The van der Waals surface area contributed by atoms with Gasteiger partial charge in [0.05, 0.1) is 4.90 Å². The Hall–Kier alpha value is -2.31. The fraction of sp³-hybridized carbons (Fsp3) is 0. The van der Waals surface area contributed by atoms with E-state index in [0.29, 0.717) is 10.6 Å². The minimum atomic E-state index is -3.68. The van der Waals surface area contributed by atoms with Gasteiger partial charge in [0.25, 0.3) is 10.0 Å². The Morgan fingerprint density at radius 1 is 1.00 bits per heavy atom. The largest absolute Gasteiger partial charge is 0.283 e. The van der Waals surface area contributed by atoms with Crippen LogP contribution in [-0.4, -0.2) is 18.6 Å². The molecule has 22 heavy (non-hydrogen) atoms. The van der Waals surface area contributed by atoms with Gasteiger partial charge >= 0.3 is 0 Å². The molecule has 0 amide bonds. The van der Waals surface area contributed by atoms with Crippen molar-refractivity contribution in [1.82, 2.24) is 10.2 Å². The monoisotopic (exact) mass is 333 g/mol. The summed E-state index contributed by atoms with van der Waals surface area (Å²) in [6, 6.07) is 15.2. The van der Waals surface area contributed by atoms with Crippen molar-refractivity contribution in [2.75, 3.05) is 4.72 Å². The lowest BCUT2D eigenvalue weighted by atomic mass is 10.1. The molecule has 112 valence electrons. The smallest absolute Gasteiger partial charge is 0.263 e. The molecule has 0 saturated carbocycles. The standard InChI is InChI=1S/C15H12ClN3O2S/c16-12-8-6-11(7-9-12)14-10-17-18-15(14)19-22(20,21)13-4-2-1-3-5-13/h1-10H,(H2,17,18,19). The van der Waals surface area contributed by atoms with Gasteiger partial charge in [-0.15, -0.1) is 0 Å². The van der Waals surface area contributed by atoms with E-state index in [0.717, 1.165) is 5.56 Å². The van der Waals surface area contributed by atoms with E-state index in [1.54, 1.807) is 48.7 Å². The Bertz CT molecular complexity index is 875. The van der Waals surface area contributed by atoms with Crippen LogP contribution in [0.15, 0.2) is 65.7 Å². The average molecular weight is 334 g/mol. The summed E-state index contributed by atoms with van der Waals surface area (Å²) in [5, 5.41) is 7.26. The highest BCUT2D eigenvalue weighted by Crippen LogP contribution is 2.28. The normalized spacial score (nSPS) is 11.3. The number of anilines is 1. The number of nitrogens with one attached hydrogen (secondary N) is 2. The van der Waals surface area contributed by atoms with Gasteiger partial charge in [-0.3, -0.25) is 9.82 Å². The van der Waals surface area contributed by atoms with Gasteiger partial charge in [0.15, 0.2) is 5.82 Å². The molecule has 1 aromatic heterocycles. The summed E-state index contributed by atoms with van der Waals surface area (Å²) in [5.74, 6) is 0.242. The molecule has 0 atom stereocenters. The molecule has 3 aromatic rings. The van der Waals surface area contributed by atoms with Gasteiger partial charge in [-0.25, -0.2) is 8.42 Å². The van der Waals surface area contributed by atoms with Gasteiger partial charge < -0.3 is 0 Å². The third-order valence-electron chi connectivity index (χ3n) is 3.08. The zero-order valence-corrected chi connectivity index (χ0v) is 12.9. The number of hydrogen-bond donors (Lipinski definition) is 2. The quantitative estimate of drug-likeness (QED) is 0.767. The highest BCUT2D eigenvalue weighted by Gasteiger charge is 2.18. The summed E-state index contributed by atoms with van der Waals surface area (Å²) in [5.41, 5.74) is 1.46. The summed E-state index contributed by atoms with van der Waals surface area (Å²) in [4.78, 5) is 0.181. The van der Waals surface area contributed by atoms with Crippen LogP contribution in [0.5, 0.6) is 0 Å². The number of nitrogens with zero attached hydrogens (tertiary/aromatic N) is 1. The lowest BCUT2D eigenvalue weighted by molar-refractivity contribution is 0.601. The molecule has 0 aliphatic rings. The van der Waals surface area contributed by atoms with Crippen LogP contribution in [0.2, 0.25) is 5.02 Å². The van der Waals surface area contributed by atoms with E-state index >= 15 is 0 Å². The topological polar surface area (TPSA) is 74.8 Å². The Morgan fingerprint density at radius 3 is 2.36 bits per heavy atom. The van der Waals surface area contributed by atoms with Crippen LogP contribution in [0.4, 0.5) is 5.82 Å². The summed E-state index contributed by atoms with van der Waals surface area (Å²) in [7, 11) is -3.68. The summed E-state index contributed by atoms with van der Waals surface area (Å²) in [6.45, 7) is 0. The molecular weight excluding hydrogens is 322 g/mol. The second-order valence-corrected chi connectivity index (χ2v) is 6.69. The molecule has 0 aliphatic carbocycles. The average Bonchev–Trinajstić information content (AvgIpc) is 2.96. The maximum absolute atomic E-state index is 12.4. The zero-order chi connectivity index (χ0) is 15.6. The number of aromatic amines is 1. The first-order chi connectivity index (χ1) is 10.6. The zero-order valence-electron chi connectivity index (χ0n) is 11.3. The molecule has 0 unspecified atom stereocenters. The maximum atomic E-state index is 12.4. The van der Waals surface area contributed by atoms with Crippen molar-refractivity contribution in [2.24, 2.45) is 0 Å². The molecule has 3 rings (SSSR count). The highest BCUT2D eigenvalue weighted by molar-refractivity contribution is 7.92. The van der Waals surface area contributed by atoms with Crippen LogP contribution < -0.4 is 4.72 Å². The molecule has 2 aromatic carbocycles. The predicted molar refractivity (Wildman–Crippen MR) is 86.3 cm³/mol. The van der Waals surface area contributed by atoms with Gasteiger partial charge in [-0.2, -0.15) is 5.10 Å². The maximum Gasteiger partial charge on any atom is 0.263 e. The van der Waals surface area contributed by atoms with Crippen LogP contribution in [0.3, 0.4) is 0 Å².